The molecular weight excluding hydrogens is 322 g/mol. The lowest BCUT2D eigenvalue weighted by molar-refractivity contribution is -0.126. The van der Waals surface area contributed by atoms with E-state index in [1.165, 1.54) is 6.26 Å². The van der Waals surface area contributed by atoms with Gasteiger partial charge >= 0.3 is 0 Å². The van der Waals surface area contributed by atoms with Crippen LogP contribution in [0.25, 0.3) is 0 Å². The van der Waals surface area contributed by atoms with Crippen LogP contribution in [0.5, 0.6) is 0 Å². The number of hydrogen-bond donors (Lipinski definition) is 2. The van der Waals surface area contributed by atoms with Crippen molar-refractivity contribution in [3.63, 3.8) is 0 Å². The van der Waals surface area contributed by atoms with Gasteiger partial charge in [0.1, 0.15) is 0 Å². The van der Waals surface area contributed by atoms with Crippen molar-refractivity contribution in [2.75, 3.05) is 31.5 Å². The van der Waals surface area contributed by atoms with Gasteiger partial charge in [0.2, 0.25) is 11.9 Å². The molecule has 8 nitrogen and oxygen atoms in total. The molecule has 8 heteroatoms. The minimum absolute atomic E-state index is 0.0286. The molecule has 1 aliphatic rings. The Kier molecular flexibility index (Phi) is 5.61. The number of furan rings is 1. The maximum Gasteiger partial charge on any atom is 0.289 e. The highest BCUT2D eigenvalue weighted by Crippen LogP contribution is 2.19. The van der Waals surface area contributed by atoms with Crippen LogP contribution in [0.3, 0.4) is 0 Å². The molecule has 0 atom stereocenters. The van der Waals surface area contributed by atoms with Crippen molar-refractivity contribution in [2.45, 2.75) is 12.8 Å². The second-order valence-corrected chi connectivity index (χ2v) is 5.83. The third-order valence-corrected chi connectivity index (χ3v) is 4.16. The van der Waals surface area contributed by atoms with Crippen molar-refractivity contribution < 1.29 is 14.0 Å². The normalized spacial score (nSPS) is 15.0. The average Bonchev–Trinajstić information content (AvgIpc) is 3.20. The van der Waals surface area contributed by atoms with E-state index in [1.807, 2.05) is 0 Å². The summed E-state index contributed by atoms with van der Waals surface area (Å²) in [6, 6.07) is 5.10. The fourth-order valence-corrected chi connectivity index (χ4v) is 2.80. The van der Waals surface area contributed by atoms with Crippen LogP contribution in [0.15, 0.2) is 41.3 Å². The van der Waals surface area contributed by atoms with Gasteiger partial charge in [0, 0.05) is 44.5 Å². The van der Waals surface area contributed by atoms with Crippen molar-refractivity contribution >= 4 is 17.8 Å². The smallest absolute Gasteiger partial charge is 0.289 e. The number of aromatic nitrogens is 2. The minimum atomic E-state index is -0.115. The Bertz CT molecular complexity index is 682. The van der Waals surface area contributed by atoms with Gasteiger partial charge in [-0.2, -0.15) is 0 Å². The van der Waals surface area contributed by atoms with Crippen molar-refractivity contribution in [2.24, 2.45) is 5.92 Å². The Morgan fingerprint density at radius 1 is 1.16 bits per heavy atom. The number of carbonyl (C=O) groups excluding carboxylic acids is 2. The predicted octanol–water partition coefficient (Wildman–Crippen LogP) is 1.15. The highest BCUT2D eigenvalue weighted by atomic mass is 16.3. The molecule has 2 aromatic heterocycles. The molecule has 1 aliphatic heterocycles. The van der Waals surface area contributed by atoms with Crippen molar-refractivity contribution in [1.82, 2.24) is 20.2 Å². The Hall–Kier alpha value is -2.90. The summed E-state index contributed by atoms with van der Waals surface area (Å²) in [6.45, 7) is 2.19. The summed E-state index contributed by atoms with van der Waals surface area (Å²) in [6.07, 6.45) is 6.13. The Morgan fingerprint density at radius 2 is 1.92 bits per heavy atom. The van der Waals surface area contributed by atoms with Gasteiger partial charge < -0.3 is 20.0 Å². The number of nitrogens with one attached hydrogen (secondary N) is 2. The van der Waals surface area contributed by atoms with E-state index in [9.17, 15) is 9.59 Å². The molecule has 3 rings (SSSR count). The Labute approximate surface area is 145 Å². The van der Waals surface area contributed by atoms with E-state index in [0.29, 0.717) is 50.7 Å². The highest BCUT2D eigenvalue weighted by Gasteiger charge is 2.28. The van der Waals surface area contributed by atoms with Gasteiger partial charge in [-0.1, -0.05) is 0 Å². The standard InChI is InChI=1S/C17H21N5O3/c23-15(18-8-9-21-17-19-6-2-7-20-17)13-4-10-22(11-5-13)16(24)14-3-1-12-25-14/h1-3,6-7,12-13H,4-5,8-11H2,(H,18,23)(H,19,20,21). The SMILES string of the molecule is O=C(NCCNc1ncccn1)C1CCN(C(=O)c2ccco2)CC1. The molecule has 0 saturated carbocycles. The number of hydrogen-bond acceptors (Lipinski definition) is 6. The van der Waals surface area contributed by atoms with Gasteiger partial charge in [-0.25, -0.2) is 9.97 Å². The predicted molar refractivity (Wildman–Crippen MR) is 90.9 cm³/mol. The maximum absolute atomic E-state index is 12.2. The summed E-state index contributed by atoms with van der Waals surface area (Å²) in [5, 5.41) is 5.96. The first-order valence-electron chi connectivity index (χ1n) is 8.35. The number of rotatable bonds is 6. The van der Waals surface area contributed by atoms with Gasteiger partial charge in [-0.05, 0) is 31.0 Å². The van der Waals surface area contributed by atoms with Crippen molar-refractivity contribution in [1.29, 1.82) is 0 Å². The van der Waals surface area contributed by atoms with Crippen LogP contribution >= 0.6 is 0 Å². The zero-order valence-electron chi connectivity index (χ0n) is 13.9. The van der Waals surface area contributed by atoms with E-state index in [2.05, 4.69) is 20.6 Å². The van der Waals surface area contributed by atoms with Gasteiger partial charge in [0.15, 0.2) is 5.76 Å². The van der Waals surface area contributed by atoms with E-state index < -0.39 is 0 Å². The summed E-state index contributed by atoms with van der Waals surface area (Å²) in [7, 11) is 0. The summed E-state index contributed by atoms with van der Waals surface area (Å²) >= 11 is 0. The number of nitrogens with zero attached hydrogens (tertiary/aromatic N) is 3. The van der Waals surface area contributed by atoms with Gasteiger partial charge in [-0.15, -0.1) is 0 Å². The minimum Gasteiger partial charge on any atom is -0.459 e. The molecule has 0 aliphatic carbocycles. The zero-order valence-corrected chi connectivity index (χ0v) is 13.9. The topological polar surface area (TPSA) is 100 Å². The first-order chi connectivity index (χ1) is 12.2. The van der Waals surface area contributed by atoms with Crippen LogP contribution in [0.2, 0.25) is 0 Å². The third kappa shape index (κ3) is 4.56. The molecule has 3 heterocycles. The maximum atomic E-state index is 12.2. The van der Waals surface area contributed by atoms with Gasteiger partial charge in [-0.3, -0.25) is 9.59 Å². The van der Waals surface area contributed by atoms with Crippen LogP contribution in [-0.2, 0) is 4.79 Å². The summed E-state index contributed by atoms with van der Waals surface area (Å²) in [5.74, 6) is 0.740. The van der Waals surface area contributed by atoms with Crippen LogP contribution < -0.4 is 10.6 Å². The molecule has 1 saturated heterocycles. The number of anilines is 1. The zero-order chi connectivity index (χ0) is 17.5. The quantitative estimate of drug-likeness (QED) is 0.763. The Morgan fingerprint density at radius 3 is 2.60 bits per heavy atom. The number of amides is 2. The molecule has 2 amide bonds. The summed E-state index contributed by atoms with van der Waals surface area (Å²) in [5.41, 5.74) is 0. The number of piperidine rings is 1. The van der Waals surface area contributed by atoms with E-state index >= 15 is 0 Å². The first-order valence-corrected chi connectivity index (χ1v) is 8.35. The van der Waals surface area contributed by atoms with Crippen LogP contribution in [0.4, 0.5) is 5.95 Å². The second-order valence-electron chi connectivity index (χ2n) is 5.83. The molecule has 0 spiro atoms. The molecule has 0 bridgehead atoms. The largest absolute Gasteiger partial charge is 0.459 e. The Balaban J connectivity index is 1.36. The van der Waals surface area contributed by atoms with E-state index in [1.54, 1.807) is 35.5 Å². The molecule has 25 heavy (non-hydrogen) atoms. The fourth-order valence-electron chi connectivity index (χ4n) is 2.80. The first kappa shape index (κ1) is 16.9. The fraction of sp³-hybridized carbons (Fsp3) is 0.412. The number of likely N-dealkylation sites (tertiary alicyclic amines) is 1. The van der Waals surface area contributed by atoms with E-state index in [0.717, 1.165) is 0 Å². The lowest BCUT2D eigenvalue weighted by Gasteiger charge is -2.30. The second kappa shape index (κ2) is 8.27. The highest BCUT2D eigenvalue weighted by molar-refractivity contribution is 5.91. The molecule has 0 unspecified atom stereocenters. The molecule has 0 radical (unpaired) electrons. The molecule has 2 aromatic rings. The van der Waals surface area contributed by atoms with E-state index in [4.69, 9.17) is 4.42 Å². The van der Waals surface area contributed by atoms with E-state index in [-0.39, 0.29) is 17.7 Å². The van der Waals surface area contributed by atoms with Gasteiger partial charge in [0.25, 0.3) is 5.91 Å². The lowest BCUT2D eigenvalue weighted by atomic mass is 9.95. The third-order valence-electron chi connectivity index (χ3n) is 4.16. The summed E-state index contributed by atoms with van der Waals surface area (Å²) < 4.78 is 5.14. The molecule has 132 valence electrons. The van der Waals surface area contributed by atoms with Crippen LogP contribution in [0, 0.1) is 5.92 Å². The molecule has 2 N–H and O–H groups in total. The van der Waals surface area contributed by atoms with Crippen molar-refractivity contribution in [3.05, 3.63) is 42.6 Å². The number of carbonyl (C=O) groups is 2. The monoisotopic (exact) mass is 343 g/mol. The van der Waals surface area contributed by atoms with Crippen LogP contribution in [-0.4, -0.2) is 52.9 Å². The van der Waals surface area contributed by atoms with Gasteiger partial charge in [0.05, 0.1) is 6.26 Å². The lowest BCUT2D eigenvalue weighted by Crippen LogP contribution is -2.43. The van der Waals surface area contributed by atoms with Crippen molar-refractivity contribution in [3.8, 4) is 0 Å². The average molecular weight is 343 g/mol. The molecule has 0 aromatic carbocycles. The summed E-state index contributed by atoms with van der Waals surface area (Å²) in [4.78, 5) is 34.3. The molecular formula is C17H21N5O3. The molecule has 1 fully saturated rings. The van der Waals surface area contributed by atoms with Crippen LogP contribution in [0.1, 0.15) is 23.4 Å².